The first-order valence-electron chi connectivity index (χ1n) is 9.87. The van der Waals surface area contributed by atoms with Crippen LogP contribution in [0.4, 0.5) is 13.2 Å². The molecule has 29 heavy (non-hydrogen) atoms. The highest BCUT2D eigenvalue weighted by Gasteiger charge is 2.40. The fourth-order valence-corrected chi connectivity index (χ4v) is 3.39. The lowest BCUT2D eigenvalue weighted by Crippen LogP contribution is -2.23. The van der Waals surface area contributed by atoms with Crippen LogP contribution in [0.2, 0.25) is 0 Å². The lowest BCUT2D eigenvalue weighted by atomic mass is 9.91. The zero-order valence-electron chi connectivity index (χ0n) is 16.5. The molecule has 0 heterocycles. The zero-order chi connectivity index (χ0) is 20.7. The number of rotatable bonds is 8. The van der Waals surface area contributed by atoms with Gasteiger partial charge in [0.15, 0.2) is 0 Å². The molecule has 0 bridgehead atoms. The SMILES string of the molecule is CCOc1ccc(CCc2ccc(C[C@@H](c3ccccc3)C(F)(F)F)cc2)cc1. The van der Waals surface area contributed by atoms with Gasteiger partial charge in [-0.15, -0.1) is 0 Å². The van der Waals surface area contributed by atoms with Crippen molar-refractivity contribution in [2.75, 3.05) is 6.61 Å². The highest BCUT2D eigenvalue weighted by Crippen LogP contribution is 2.37. The van der Waals surface area contributed by atoms with E-state index in [4.69, 9.17) is 4.74 Å². The van der Waals surface area contributed by atoms with Crippen molar-refractivity contribution < 1.29 is 17.9 Å². The first-order valence-corrected chi connectivity index (χ1v) is 9.87. The van der Waals surface area contributed by atoms with Gasteiger partial charge in [-0.1, -0.05) is 66.7 Å². The van der Waals surface area contributed by atoms with E-state index in [1.807, 2.05) is 55.5 Å². The van der Waals surface area contributed by atoms with Crippen molar-refractivity contribution in [3.05, 3.63) is 101 Å². The summed E-state index contributed by atoms with van der Waals surface area (Å²) < 4.78 is 46.1. The number of alkyl halides is 3. The van der Waals surface area contributed by atoms with E-state index in [2.05, 4.69) is 0 Å². The highest BCUT2D eigenvalue weighted by molar-refractivity contribution is 5.30. The minimum Gasteiger partial charge on any atom is -0.494 e. The summed E-state index contributed by atoms with van der Waals surface area (Å²) in [5.74, 6) is -0.628. The Kier molecular flexibility index (Phi) is 6.97. The van der Waals surface area contributed by atoms with E-state index in [9.17, 15) is 13.2 Å². The van der Waals surface area contributed by atoms with Crippen LogP contribution in [0, 0.1) is 0 Å². The highest BCUT2D eigenvalue weighted by atomic mass is 19.4. The predicted molar refractivity (Wildman–Crippen MR) is 110 cm³/mol. The van der Waals surface area contributed by atoms with Gasteiger partial charge in [-0.25, -0.2) is 0 Å². The van der Waals surface area contributed by atoms with Crippen LogP contribution in [0.15, 0.2) is 78.9 Å². The Balaban J connectivity index is 1.61. The molecule has 0 fully saturated rings. The van der Waals surface area contributed by atoms with Gasteiger partial charge in [0.1, 0.15) is 5.75 Å². The van der Waals surface area contributed by atoms with Gasteiger partial charge in [0.05, 0.1) is 12.5 Å². The van der Waals surface area contributed by atoms with Gasteiger partial charge in [-0.2, -0.15) is 13.2 Å². The summed E-state index contributed by atoms with van der Waals surface area (Å²) in [5, 5.41) is 0. The summed E-state index contributed by atoms with van der Waals surface area (Å²) in [6, 6.07) is 23.6. The van der Waals surface area contributed by atoms with Crippen LogP contribution in [-0.2, 0) is 19.3 Å². The number of hydrogen-bond acceptors (Lipinski definition) is 1. The first kappa shape index (κ1) is 21.0. The van der Waals surface area contributed by atoms with Crippen molar-refractivity contribution in [2.24, 2.45) is 0 Å². The van der Waals surface area contributed by atoms with Gasteiger partial charge < -0.3 is 4.74 Å². The Hall–Kier alpha value is -2.75. The lowest BCUT2D eigenvalue weighted by molar-refractivity contribution is -0.150. The molecule has 0 aliphatic carbocycles. The van der Waals surface area contributed by atoms with Crippen molar-refractivity contribution >= 4 is 0 Å². The summed E-state index contributed by atoms with van der Waals surface area (Å²) >= 11 is 0. The van der Waals surface area contributed by atoms with E-state index in [1.54, 1.807) is 30.3 Å². The topological polar surface area (TPSA) is 9.23 Å². The van der Waals surface area contributed by atoms with Gasteiger partial charge in [0.25, 0.3) is 0 Å². The molecular formula is C25H25F3O. The van der Waals surface area contributed by atoms with Crippen LogP contribution in [0.1, 0.15) is 35.1 Å². The molecule has 0 saturated heterocycles. The molecule has 3 aromatic rings. The minimum atomic E-state index is -4.27. The lowest BCUT2D eigenvalue weighted by Gasteiger charge is -2.21. The number of ether oxygens (including phenoxy) is 1. The van der Waals surface area contributed by atoms with E-state index >= 15 is 0 Å². The molecule has 0 spiro atoms. The van der Waals surface area contributed by atoms with Crippen LogP contribution < -0.4 is 4.74 Å². The molecule has 152 valence electrons. The Labute approximate surface area is 170 Å². The van der Waals surface area contributed by atoms with Crippen molar-refractivity contribution in [1.29, 1.82) is 0 Å². The summed E-state index contributed by atoms with van der Waals surface area (Å²) in [7, 11) is 0. The second-order valence-corrected chi connectivity index (χ2v) is 7.10. The monoisotopic (exact) mass is 398 g/mol. The largest absolute Gasteiger partial charge is 0.494 e. The average molecular weight is 398 g/mol. The number of benzene rings is 3. The third-order valence-electron chi connectivity index (χ3n) is 5.00. The normalized spacial score (nSPS) is 12.6. The summed E-state index contributed by atoms with van der Waals surface area (Å²) in [6.07, 6.45) is -2.60. The van der Waals surface area contributed by atoms with Crippen molar-refractivity contribution in [2.45, 2.75) is 38.3 Å². The maximum atomic E-state index is 13.5. The van der Waals surface area contributed by atoms with Crippen molar-refractivity contribution in [3.8, 4) is 5.75 Å². The second-order valence-electron chi connectivity index (χ2n) is 7.10. The molecule has 3 rings (SSSR count). The van der Waals surface area contributed by atoms with Gasteiger partial charge >= 0.3 is 6.18 Å². The first-order chi connectivity index (χ1) is 14.0. The third kappa shape index (κ3) is 6.11. The van der Waals surface area contributed by atoms with Crippen LogP contribution in [0.25, 0.3) is 0 Å². The molecule has 0 N–H and O–H groups in total. The van der Waals surface area contributed by atoms with E-state index in [0.717, 1.165) is 24.2 Å². The standard InChI is InChI=1S/C25H25F3O/c1-2-29-23-16-14-20(15-17-23)9-8-19-10-12-21(13-11-19)18-24(25(26,27)28)22-6-4-3-5-7-22/h3-7,10-17,24H,2,8-9,18H2,1H3/t24-/m0/s1. The summed E-state index contributed by atoms with van der Waals surface area (Å²) in [6.45, 7) is 2.60. The van der Waals surface area contributed by atoms with Crippen LogP contribution in [-0.4, -0.2) is 12.8 Å². The molecule has 4 heteroatoms. The molecule has 0 unspecified atom stereocenters. The zero-order valence-corrected chi connectivity index (χ0v) is 16.5. The molecule has 1 nitrogen and oxygen atoms in total. The minimum absolute atomic E-state index is 0.0489. The number of aryl methyl sites for hydroxylation is 2. The fraction of sp³-hybridized carbons (Fsp3) is 0.280. The van der Waals surface area contributed by atoms with Crippen LogP contribution in [0.3, 0.4) is 0 Å². The maximum Gasteiger partial charge on any atom is 0.396 e. The second kappa shape index (κ2) is 9.64. The average Bonchev–Trinajstić information content (AvgIpc) is 2.72. The molecule has 0 aliphatic rings. The van der Waals surface area contributed by atoms with E-state index < -0.39 is 12.1 Å². The molecule has 1 atom stereocenters. The molecule has 0 amide bonds. The molecule has 3 aromatic carbocycles. The van der Waals surface area contributed by atoms with Gasteiger partial charge in [0, 0.05) is 0 Å². The van der Waals surface area contributed by atoms with E-state index in [-0.39, 0.29) is 6.42 Å². The van der Waals surface area contributed by atoms with Gasteiger partial charge in [-0.3, -0.25) is 0 Å². The fourth-order valence-electron chi connectivity index (χ4n) is 3.39. The summed E-state index contributed by atoms with van der Waals surface area (Å²) in [5.41, 5.74) is 3.32. The molecule has 0 aromatic heterocycles. The van der Waals surface area contributed by atoms with E-state index in [0.29, 0.717) is 17.7 Å². The Morgan fingerprint density at radius 2 is 1.24 bits per heavy atom. The van der Waals surface area contributed by atoms with Crippen LogP contribution in [0.5, 0.6) is 5.75 Å². The number of hydrogen-bond donors (Lipinski definition) is 0. The summed E-state index contributed by atoms with van der Waals surface area (Å²) in [4.78, 5) is 0. The molecule has 0 radical (unpaired) electrons. The molecular weight excluding hydrogens is 373 g/mol. The number of halogens is 3. The molecule has 0 aliphatic heterocycles. The Morgan fingerprint density at radius 3 is 1.76 bits per heavy atom. The smallest absolute Gasteiger partial charge is 0.396 e. The quantitative estimate of drug-likeness (QED) is 0.407. The predicted octanol–water partition coefficient (Wildman–Crippen LogP) is 6.76. The van der Waals surface area contributed by atoms with Crippen molar-refractivity contribution in [3.63, 3.8) is 0 Å². The van der Waals surface area contributed by atoms with Crippen LogP contribution >= 0.6 is 0 Å². The van der Waals surface area contributed by atoms with Gasteiger partial charge in [0.2, 0.25) is 0 Å². The third-order valence-corrected chi connectivity index (χ3v) is 5.00. The Bertz CT molecular complexity index is 869. The maximum absolute atomic E-state index is 13.5. The Morgan fingerprint density at radius 1 is 0.724 bits per heavy atom. The van der Waals surface area contributed by atoms with E-state index in [1.165, 1.54) is 5.56 Å². The van der Waals surface area contributed by atoms with Gasteiger partial charge in [-0.05, 0) is 60.6 Å². The van der Waals surface area contributed by atoms with Crippen molar-refractivity contribution in [1.82, 2.24) is 0 Å². The molecule has 0 saturated carbocycles.